The normalized spacial score (nSPS) is 14.2. The van der Waals surface area contributed by atoms with E-state index >= 15 is 0 Å². The Balaban J connectivity index is 2.21. The van der Waals surface area contributed by atoms with E-state index in [1.165, 1.54) is 17.0 Å². The Bertz CT molecular complexity index is 533. The van der Waals surface area contributed by atoms with Crippen LogP contribution < -0.4 is 4.90 Å². The van der Waals surface area contributed by atoms with E-state index in [1.807, 2.05) is 6.92 Å². The average Bonchev–Trinajstić information content (AvgIpc) is 2.60. The van der Waals surface area contributed by atoms with Crippen LogP contribution in [0.5, 0.6) is 0 Å². The third-order valence-electron chi connectivity index (χ3n) is 2.82. The van der Waals surface area contributed by atoms with Crippen LogP contribution in [0.3, 0.4) is 0 Å². The molecular weight excluding hydrogens is 317 g/mol. The quantitative estimate of drug-likeness (QED) is 0.616. The molecule has 0 aliphatic carbocycles. The molecule has 0 saturated heterocycles. The highest BCUT2D eigenvalue weighted by atomic mass is 79.9. The third-order valence-corrected chi connectivity index (χ3v) is 3.43. The minimum atomic E-state index is -0.632. The topological polar surface area (TPSA) is 46.6 Å². The van der Waals surface area contributed by atoms with Gasteiger partial charge in [0.25, 0.3) is 11.7 Å². The van der Waals surface area contributed by atoms with Gasteiger partial charge in [0.1, 0.15) is 5.82 Å². The lowest BCUT2D eigenvalue weighted by Crippen LogP contribution is -2.32. The van der Waals surface area contributed by atoms with Crippen molar-refractivity contribution in [1.82, 2.24) is 0 Å². The number of halogens is 2. The number of ether oxygens (including phenoxy) is 1. The molecule has 1 heterocycles. The number of amides is 1. The summed E-state index contributed by atoms with van der Waals surface area (Å²) in [6.45, 7) is 3.15. The number of carbonyl (C=O) groups excluding carboxylic acids is 2. The highest BCUT2D eigenvalue weighted by molar-refractivity contribution is 9.10. The summed E-state index contributed by atoms with van der Waals surface area (Å²) in [5.41, 5.74) is 0.546. The predicted molar refractivity (Wildman–Crippen MR) is 71.9 cm³/mol. The van der Waals surface area contributed by atoms with Crippen LogP contribution in [0, 0.1) is 5.82 Å². The largest absolute Gasteiger partial charge is 0.380 e. The second-order valence-corrected chi connectivity index (χ2v) is 5.04. The van der Waals surface area contributed by atoms with Gasteiger partial charge in [-0.05, 0) is 34.5 Å². The van der Waals surface area contributed by atoms with Crippen LogP contribution in [0.25, 0.3) is 0 Å². The molecule has 0 saturated carbocycles. The molecule has 6 heteroatoms. The fourth-order valence-electron chi connectivity index (χ4n) is 1.91. The Labute approximate surface area is 118 Å². The molecule has 0 atom stereocenters. The molecule has 0 unspecified atom stereocenters. The van der Waals surface area contributed by atoms with Crippen molar-refractivity contribution in [3.63, 3.8) is 0 Å². The smallest absolute Gasteiger partial charge is 0.299 e. The summed E-state index contributed by atoms with van der Waals surface area (Å²) in [5.74, 6) is -1.74. The maximum atomic E-state index is 13.5. The highest BCUT2D eigenvalue weighted by Gasteiger charge is 2.36. The van der Waals surface area contributed by atoms with Gasteiger partial charge < -0.3 is 9.64 Å². The fraction of sp³-hybridized carbons (Fsp3) is 0.385. The molecule has 1 aromatic rings. The van der Waals surface area contributed by atoms with E-state index < -0.39 is 17.5 Å². The average molecular weight is 330 g/mol. The van der Waals surface area contributed by atoms with Gasteiger partial charge in [0.05, 0.1) is 22.3 Å². The lowest BCUT2D eigenvalue weighted by Gasteiger charge is -2.16. The molecule has 1 aliphatic rings. The SMILES string of the molecule is CCCOCCN1C(=O)C(=O)c2cc(Br)c(F)cc21. The van der Waals surface area contributed by atoms with Crippen molar-refractivity contribution in [3.8, 4) is 0 Å². The van der Waals surface area contributed by atoms with Gasteiger partial charge in [0.15, 0.2) is 0 Å². The van der Waals surface area contributed by atoms with Crippen LogP contribution >= 0.6 is 15.9 Å². The van der Waals surface area contributed by atoms with Gasteiger partial charge in [0.2, 0.25) is 0 Å². The van der Waals surface area contributed by atoms with Gasteiger partial charge in [-0.25, -0.2) is 4.39 Å². The van der Waals surface area contributed by atoms with Crippen molar-refractivity contribution in [2.75, 3.05) is 24.7 Å². The van der Waals surface area contributed by atoms with Crippen molar-refractivity contribution in [2.24, 2.45) is 0 Å². The van der Waals surface area contributed by atoms with Gasteiger partial charge in [0, 0.05) is 13.2 Å². The minimum absolute atomic E-state index is 0.177. The number of anilines is 1. The van der Waals surface area contributed by atoms with E-state index in [4.69, 9.17) is 4.74 Å². The molecule has 1 amide bonds. The summed E-state index contributed by atoms with van der Waals surface area (Å²) in [6.07, 6.45) is 0.880. The number of hydrogen-bond acceptors (Lipinski definition) is 3. The maximum absolute atomic E-state index is 13.5. The number of hydrogen-bond donors (Lipinski definition) is 0. The lowest BCUT2D eigenvalue weighted by atomic mass is 10.1. The minimum Gasteiger partial charge on any atom is -0.380 e. The Morgan fingerprint density at radius 1 is 1.32 bits per heavy atom. The molecular formula is C13H13BrFNO3. The zero-order chi connectivity index (χ0) is 14.0. The van der Waals surface area contributed by atoms with Crippen LogP contribution in [0.2, 0.25) is 0 Å². The van der Waals surface area contributed by atoms with Crippen molar-refractivity contribution in [1.29, 1.82) is 0 Å². The van der Waals surface area contributed by atoms with E-state index in [9.17, 15) is 14.0 Å². The first-order valence-corrected chi connectivity index (χ1v) is 6.78. The van der Waals surface area contributed by atoms with E-state index in [2.05, 4.69) is 15.9 Å². The summed E-state index contributed by atoms with van der Waals surface area (Å²) in [4.78, 5) is 24.9. The van der Waals surface area contributed by atoms with Crippen molar-refractivity contribution in [2.45, 2.75) is 13.3 Å². The van der Waals surface area contributed by atoms with E-state index in [0.29, 0.717) is 18.9 Å². The highest BCUT2D eigenvalue weighted by Crippen LogP contribution is 2.33. The first-order chi connectivity index (χ1) is 9.06. The van der Waals surface area contributed by atoms with Gasteiger partial charge in [-0.1, -0.05) is 6.92 Å². The summed E-state index contributed by atoms with van der Waals surface area (Å²) in [7, 11) is 0. The van der Waals surface area contributed by atoms with E-state index in [1.54, 1.807) is 0 Å². The van der Waals surface area contributed by atoms with Crippen LogP contribution in [0.1, 0.15) is 23.7 Å². The van der Waals surface area contributed by atoms with Gasteiger partial charge in [-0.2, -0.15) is 0 Å². The second kappa shape index (κ2) is 5.79. The van der Waals surface area contributed by atoms with Gasteiger partial charge in [-0.15, -0.1) is 0 Å². The maximum Gasteiger partial charge on any atom is 0.299 e. The molecule has 102 valence electrons. The number of rotatable bonds is 5. The molecule has 1 aliphatic heterocycles. The van der Waals surface area contributed by atoms with E-state index in [0.717, 1.165) is 6.42 Å². The summed E-state index contributed by atoms with van der Waals surface area (Å²) in [6, 6.07) is 2.54. The van der Waals surface area contributed by atoms with Crippen LogP contribution in [0.15, 0.2) is 16.6 Å². The van der Waals surface area contributed by atoms with Crippen molar-refractivity contribution >= 4 is 33.3 Å². The number of fused-ring (bicyclic) bond motifs is 1. The Morgan fingerprint density at radius 3 is 2.74 bits per heavy atom. The monoisotopic (exact) mass is 329 g/mol. The summed E-state index contributed by atoms with van der Waals surface area (Å²) >= 11 is 3.01. The van der Waals surface area contributed by atoms with Crippen molar-refractivity contribution in [3.05, 3.63) is 28.0 Å². The molecule has 2 rings (SSSR count). The first-order valence-electron chi connectivity index (χ1n) is 5.99. The molecule has 0 radical (unpaired) electrons. The number of carbonyl (C=O) groups is 2. The molecule has 4 nitrogen and oxygen atoms in total. The number of benzene rings is 1. The molecule has 0 aromatic heterocycles. The Hall–Kier alpha value is -1.27. The molecule has 0 fully saturated rings. The van der Waals surface area contributed by atoms with Crippen LogP contribution in [0.4, 0.5) is 10.1 Å². The van der Waals surface area contributed by atoms with E-state index in [-0.39, 0.29) is 16.6 Å². The second-order valence-electron chi connectivity index (χ2n) is 4.18. The van der Waals surface area contributed by atoms with Crippen molar-refractivity contribution < 1.29 is 18.7 Å². The lowest BCUT2D eigenvalue weighted by molar-refractivity contribution is -0.114. The summed E-state index contributed by atoms with van der Waals surface area (Å²) in [5, 5.41) is 0. The fourth-order valence-corrected chi connectivity index (χ4v) is 2.26. The number of ketones is 1. The number of nitrogens with zero attached hydrogens (tertiary/aromatic N) is 1. The zero-order valence-corrected chi connectivity index (χ0v) is 12.0. The zero-order valence-electron chi connectivity index (χ0n) is 10.4. The van der Waals surface area contributed by atoms with Crippen LogP contribution in [-0.4, -0.2) is 31.4 Å². The van der Waals surface area contributed by atoms with Crippen LogP contribution in [-0.2, 0) is 9.53 Å². The van der Waals surface area contributed by atoms with Gasteiger partial charge in [-0.3, -0.25) is 9.59 Å². The molecule has 19 heavy (non-hydrogen) atoms. The van der Waals surface area contributed by atoms with Gasteiger partial charge >= 0.3 is 0 Å². The Morgan fingerprint density at radius 2 is 2.05 bits per heavy atom. The molecule has 0 bridgehead atoms. The number of Topliss-reactive ketones (excluding diaryl/α,β-unsaturated/α-hetero) is 1. The predicted octanol–water partition coefficient (Wildman–Crippen LogP) is 2.54. The standard InChI is InChI=1S/C13H13BrFNO3/c1-2-4-19-5-3-16-11-7-10(15)9(14)6-8(11)12(17)13(16)18/h6-7H,2-5H2,1H3. The third kappa shape index (κ3) is 2.69. The molecule has 1 aromatic carbocycles. The first kappa shape index (κ1) is 14.1. The molecule has 0 N–H and O–H groups in total. The Kier molecular flexibility index (Phi) is 4.31. The summed E-state index contributed by atoms with van der Waals surface area (Å²) < 4.78 is 19.0. The molecule has 0 spiro atoms.